The number of rotatable bonds is 5. The summed E-state index contributed by atoms with van der Waals surface area (Å²) in [5.74, 6) is 0.709. The first-order valence-corrected chi connectivity index (χ1v) is 7.05. The third kappa shape index (κ3) is 3.78. The second kappa shape index (κ2) is 6.67. The highest BCUT2D eigenvalue weighted by Gasteiger charge is 2.23. The van der Waals surface area contributed by atoms with Crippen molar-refractivity contribution in [1.29, 1.82) is 0 Å². The summed E-state index contributed by atoms with van der Waals surface area (Å²) < 4.78 is 5.00. The van der Waals surface area contributed by atoms with Gasteiger partial charge in [-0.15, -0.1) is 0 Å². The van der Waals surface area contributed by atoms with E-state index in [1.54, 1.807) is 19.1 Å². The number of carbonyl (C=O) groups is 1. The molecule has 0 spiro atoms. The van der Waals surface area contributed by atoms with Crippen LogP contribution in [-0.2, 0) is 11.3 Å². The molecule has 0 N–H and O–H groups in total. The lowest BCUT2D eigenvalue weighted by Crippen LogP contribution is -2.35. The normalized spacial score (nSPS) is 16.7. The van der Waals surface area contributed by atoms with Crippen LogP contribution in [0.3, 0.4) is 0 Å². The third-order valence-corrected chi connectivity index (χ3v) is 4.01. The number of hydrogen-bond donors (Lipinski definition) is 0. The van der Waals surface area contributed by atoms with Crippen LogP contribution in [0.4, 0.5) is 5.69 Å². The van der Waals surface area contributed by atoms with Crippen molar-refractivity contribution in [3.05, 3.63) is 33.9 Å². The number of Topliss-reactive ketones (excluding diaryl/α,β-unsaturated/α-hetero) is 1. The van der Waals surface area contributed by atoms with Gasteiger partial charge in [-0.2, -0.15) is 0 Å². The quantitative estimate of drug-likeness (QED) is 0.615. The van der Waals surface area contributed by atoms with Crippen molar-refractivity contribution in [2.24, 2.45) is 5.92 Å². The van der Waals surface area contributed by atoms with E-state index in [0.29, 0.717) is 6.54 Å². The number of piperidine rings is 1. The fourth-order valence-corrected chi connectivity index (χ4v) is 2.73. The minimum Gasteiger partial charge on any atom is -0.490 e. The van der Waals surface area contributed by atoms with Crippen LogP contribution in [-0.4, -0.2) is 35.8 Å². The van der Waals surface area contributed by atoms with E-state index >= 15 is 0 Å². The van der Waals surface area contributed by atoms with E-state index in [2.05, 4.69) is 4.90 Å². The summed E-state index contributed by atoms with van der Waals surface area (Å²) in [6, 6.07) is 5.05. The van der Waals surface area contributed by atoms with Gasteiger partial charge in [0.2, 0.25) is 0 Å². The van der Waals surface area contributed by atoms with E-state index in [1.165, 1.54) is 7.11 Å². The molecule has 1 aliphatic rings. The summed E-state index contributed by atoms with van der Waals surface area (Å²) in [7, 11) is 1.43. The molecule has 0 saturated carbocycles. The van der Waals surface area contributed by atoms with E-state index in [4.69, 9.17) is 4.74 Å². The van der Waals surface area contributed by atoms with Gasteiger partial charge in [-0.05, 0) is 44.5 Å². The van der Waals surface area contributed by atoms with Crippen LogP contribution in [0.1, 0.15) is 25.3 Å². The largest absolute Gasteiger partial charge is 0.490 e. The highest BCUT2D eigenvalue weighted by atomic mass is 16.6. The zero-order valence-corrected chi connectivity index (χ0v) is 12.4. The van der Waals surface area contributed by atoms with Crippen molar-refractivity contribution >= 4 is 11.5 Å². The molecular weight excluding hydrogens is 272 g/mol. The van der Waals surface area contributed by atoms with E-state index in [1.807, 2.05) is 6.07 Å². The van der Waals surface area contributed by atoms with Crippen molar-refractivity contribution in [2.75, 3.05) is 20.2 Å². The van der Waals surface area contributed by atoms with E-state index in [-0.39, 0.29) is 23.1 Å². The Labute approximate surface area is 123 Å². The molecule has 0 unspecified atom stereocenters. The van der Waals surface area contributed by atoms with Gasteiger partial charge < -0.3 is 4.74 Å². The van der Waals surface area contributed by atoms with Gasteiger partial charge >= 0.3 is 5.69 Å². The Hall–Kier alpha value is -1.95. The van der Waals surface area contributed by atoms with Crippen LogP contribution in [0, 0.1) is 16.0 Å². The third-order valence-electron chi connectivity index (χ3n) is 4.01. The second-order valence-corrected chi connectivity index (χ2v) is 5.42. The predicted octanol–water partition coefficient (Wildman–Crippen LogP) is 2.40. The van der Waals surface area contributed by atoms with E-state index in [0.717, 1.165) is 31.5 Å². The first-order valence-electron chi connectivity index (χ1n) is 7.05. The van der Waals surface area contributed by atoms with Gasteiger partial charge in [0.1, 0.15) is 5.78 Å². The maximum atomic E-state index is 11.3. The number of benzene rings is 1. The number of nitro groups is 1. The number of likely N-dealkylation sites (tertiary alicyclic amines) is 1. The van der Waals surface area contributed by atoms with Crippen LogP contribution in [0.2, 0.25) is 0 Å². The molecule has 1 fully saturated rings. The molecule has 0 amide bonds. The SMILES string of the molecule is COc1ccc(CN2CCC(C(C)=O)CC2)cc1[N+](=O)[O-]. The minimum atomic E-state index is -0.426. The topological polar surface area (TPSA) is 72.7 Å². The lowest BCUT2D eigenvalue weighted by molar-refractivity contribution is -0.385. The molecule has 1 saturated heterocycles. The Morgan fingerprint density at radius 3 is 2.62 bits per heavy atom. The average Bonchev–Trinajstić information content (AvgIpc) is 2.47. The molecule has 6 heteroatoms. The van der Waals surface area contributed by atoms with Crippen molar-refractivity contribution in [1.82, 2.24) is 4.90 Å². The first kappa shape index (κ1) is 15.4. The zero-order chi connectivity index (χ0) is 15.4. The molecule has 2 rings (SSSR count). The summed E-state index contributed by atoms with van der Waals surface area (Å²) in [5.41, 5.74) is 0.886. The summed E-state index contributed by atoms with van der Waals surface area (Å²) >= 11 is 0. The molecule has 1 heterocycles. The second-order valence-electron chi connectivity index (χ2n) is 5.42. The van der Waals surface area contributed by atoms with Crippen molar-refractivity contribution in [2.45, 2.75) is 26.3 Å². The van der Waals surface area contributed by atoms with Gasteiger partial charge in [0.15, 0.2) is 5.75 Å². The highest BCUT2D eigenvalue weighted by molar-refractivity contribution is 5.78. The number of hydrogen-bond acceptors (Lipinski definition) is 5. The Bertz CT molecular complexity index is 536. The number of ketones is 1. The zero-order valence-electron chi connectivity index (χ0n) is 12.4. The molecule has 114 valence electrons. The van der Waals surface area contributed by atoms with Crippen LogP contribution in [0.5, 0.6) is 5.75 Å². The number of methoxy groups -OCH3 is 1. The summed E-state index contributed by atoms with van der Waals surface area (Å²) in [5, 5.41) is 11.0. The number of nitrogens with zero attached hydrogens (tertiary/aromatic N) is 2. The van der Waals surface area contributed by atoms with Gasteiger partial charge in [0.05, 0.1) is 12.0 Å². The van der Waals surface area contributed by atoms with Crippen molar-refractivity contribution < 1.29 is 14.5 Å². The Kier molecular flexibility index (Phi) is 4.90. The molecule has 1 aromatic carbocycles. The molecule has 0 atom stereocenters. The Morgan fingerprint density at radius 2 is 2.10 bits per heavy atom. The van der Waals surface area contributed by atoms with Crippen LogP contribution < -0.4 is 4.74 Å². The minimum absolute atomic E-state index is 0.00591. The molecule has 6 nitrogen and oxygen atoms in total. The molecule has 0 aromatic heterocycles. The highest BCUT2D eigenvalue weighted by Crippen LogP contribution is 2.28. The molecule has 1 aromatic rings. The summed E-state index contributed by atoms with van der Waals surface area (Å²) in [6.45, 7) is 4.01. The molecule has 0 bridgehead atoms. The maximum absolute atomic E-state index is 11.3. The van der Waals surface area contributed by atoms with Crippen LogP contribution in [0.25, 0.3) is 0 Å². The average molecular weight is 292 g/mol. The summed E-state index contributed by atoms with van der Waals surface area (Å²) in [6.07, 6.45) is 1.74. The predicted molar refractivity (Wildman–Crippen MR) is 78.3 cm³/mol. The van der Waals surface area contributed by atoms with Gasteiger partial charge in [-0.1, -0.05) is 6.07 Å². The number of nitro benzene ring substituents is 1. The fraction of sp³-hybridized carbons (Fsp3) is 0.533. The van der Waals surface area contributed by atoms with Gasteiger partial charge in [-0.3, -0.25) is 19.8 Å². The van der Waals surface area contributed by atoms with Crippen LogP contribution >= 0.6 is 0 Å². The Morgan fingerprint density at radius 1 is 1.43 bits per heavy atom. The standard InChI is InChI=1S/C15H20N2O4/c1-11(18)13-5-7-16(8-6-13)10-12-3-4-15(21-2)14(9-12)17(19)20/h3-4,9,13H,5-8,10H2,1-2H3. The molecule has 0 aliphatic carbocycles. The summed E-state index contributed by atoms with van der Waals surface area (Å²) in [4.78, 5) is 24.2. The molecule has 1 aliphatic heterocycles. The van der Waals surface area contributed by atoms with Gasteiger partial charge in [0.25, 0.3) is 0 Å². The first-order chi connectivity index (χ1) is 10.0. The monoisotopic (exact) mass is 292 g/mol. The van der Waals surface area contributed by atoms with Crippen molar-refractivity contribution in [3.63, 3.8) is 0 Å². The van der Waals surface area contributed by atoms with Crippen LogP contribution in [0.15, 0.2) is 18.2 Å². The number of carbonyl (C=O) groups excluding carboxylic acids is 1. The Balaban J connectivity index is 2.02. The fourth-order valence-electron chi connectivity index (χ4n) is 2.73. The van der Waals surface area contributed by atoms with Gasteiger partial charge in [0, 0.05) is 18.5 Å². The number of ether oxygens (including phenoxy) is 1. The van der Waals surface area contributed by atoms with Gasteiger partial charge in [-0.25, -0.2) is 0 Å². The molecule has 21 heavy (non-hydrogen) atoms. The van der Waals surface area contributed by atoms with Crippen molar-refractivity contribution in [3.8, 4) is 5.75 Å². The molecule has 0 radical (unpaired) electrons. The van der Waals surface area contributed by atoms with E-state index < -0.39 is 4.92 Å². The lowest BCUT2D eigenvalue weighted by Gasteiger charge is -2.30. The maximum Gasteiger partial charge on any atom is 0.311 e. The molecular formula is C15H20N2O4. The van der Waals surface area contributed by atoms with E-state index in [9.17, 15) is 14.9 Å². The lowest BCUT2D eigenvalue weighted by atomic mass is 9.93. The smallest absolute Gasteiger partial charge is 0.311 e.